The first kappa shape index (κ1) is 23.3. The molecule has 10 heteroatoms. The van der Waals surface area contributed by atoms with Crippen LogP contribution in [0.25, 0.3) is 0 Å². The molecule has 0 bridgehead atoms. The number of methoxy groups -OCH3 is 1. The molecule has 0 fully saturated rings. The molecule has 8 nitrogen and oxygen atoms in total. The number of carbonyl (C=O) groups excluding carboxylic acids is 2. The summed E-state index contributed by atoms with van der Waals surface area (Å²) in [6, 6.07) is 14.1. The molecule has 1 aliphatic rings. The van der Waals surface area contributed by atoms with Crippen molar-refractivity contribution in [2.45, 2.75) is 18.6 Å². The quantitative estimate of drug-likeness (QED) is 0.302. The molecule has 0 unspecified atom stereocenters. The first-order chi connectivity index (χ1) is 16.2. The largest absolute Gasteiger partial charge is 0.490 e. The summed E-state index contributed by atoms with van der Waals surface area (Å²) in [7, 11) is 1.26. The maximum Gasteiger partial charge on any atom is 0.311 e. The molecule has 3 aromatic rings. The minimum absolute atomic E-state index is 0.0320. The topological polar surface area (TPSA) is 110 Å². The van der Waals surface area contributed by atoms with Crippen LogP contribution in [0.2, 0.25) is 5.02 Å². The van der Waals surface area contributed by atoms with E-state index in [0.29, 0.717) is 5.69 Å². The van der Waals surface area contributed by atoms with Gasteiger partial charge in [-0.2, -0.15) is 0 Å². The molecule has 1 N–H and O–H groups in total. The molecule has 1 aliphatic heterocycles. The van der Waals surface area contributed by atoms with Gasteiger partial charge >= 0.3 is 5.69 Å². The predicted molar refractivity (Wildman–Crippen MR) is 122 cm³/mol. The number of aliphatic hydroxyl groups is 1. The van der Waals surface area contributed by atoms with Crippen molar-refractivity contribution >= 4 is 34.7 Å². The zero-order valence-electron chi connectivity index (χ0n) is 17.8. The lowest BCUT2D eigenvalue weighted by Gasteiger charge is -2.23. The first-order valence-electron chi connectivity index (χ1n) is 10.1. The molecule has 0 radical (unpaired) electrons. The third kappa shape index (κ3) is 3.89. The minimum Gasteiger partial charge on any atom is -0.490 e. The zero-order valence-corrected chi connectivity index (χ0v) is 18.6. The van der Waals surface area contributed by atoms with Crippen LogP contribution in [0.1, 0.15) is 27.9 Å². The summed E-state index contributed by atoms with van der Waals surface area (Å²) >= 11 is 6.12. The lowest BCUT2D eigenvalue weighted by molar-refractivity contribution is -0.385. The fourth-order valence-corrected chi connectivity index (χ4v) is 4.24. The van der Waals surface area contributed by atoms with Gasteiger partial charge in [0.15, 0.2) is 17.1 Å². The Morgan fingerprint density at radius 2 is 1.94 bits per heavy atom. The van der Waals surface area contributed by atoms with E-state index < -0.39 is 40.1 Å². The number of nitro benzene ring substituents is 1. The first-order valence-corrected chi connectivity index (χ1v) is 10.5. The average molecular weight is 485 g/mol. The van der Waals surface area contributed by atoms with Crippen LogP contribution in [-0.2, 0) is 16.9 Å². The molecule has 3 aromatic carbocycles. The molecule has 1 atom stereocenters. The molecular formula is C24H18ClFN2O6. The number of nitro groups is 1. The van der Waals surface area contributed by atoms with Crippen molar-refractivity contribution < 1.29 is 28.7 Å². The van der Waals surface area contributed by atoms with Crippen LogP contribution in [0.5, 0.6) is 5.75 Å². The number of benzene rings is 3. The molecule has 34 heavy (non-hydrogen) atoms. The number of hydrogen-bond donors (Lipinski definition) is 1. The second-order valence-electron chi connectivity index (χ2n) is 7.71. The van der Waals surface area contributed by atoms with Crippen molar-refractivity contribution in [3.63, 3.8) is 0 Å². The second kappa shape index (κ2) is 8.85. The van der Waals surface area contributed by atoms with Crippen LogP contribution in [0.3, 0.4) is 0 Å². The van der Waals surface area contributed by atoms with Gasteiger partial charge in [-0.25, -0.2) is 4.39 Å². The molecule has 4 rings (SSSR count). The molecule has 0 aromatic heterocycles. The standard InChI is InChI=1S/C24H18ClFN2O6/c1-34-22-10-9-14(11-20(22)28(32)33)21(29)12-24(31)16-5-2-3-8-19(16)27(23(24)30)13-15-17(25)6-4-7-18(15)26/h2-11,31H,12-13H2,1H3/t24-/m1/s1. The Hall–Kier alpha value is -3.82. The van der Waals surface area contributed by atoms with Gasteiger partial charge in [-0.15, -0.1) is 0 Å². The highest BCUT2D eigenvalue weighted by Crippen LogP contribution is 2.44. The number of ketones is 1. The van der Waals surface area contributed by atoms with Gasteiger partial charge in [0, 0.05) is 27.8 Å². The van der Waals surface area contributed by atoms with E-state index in [-0.39, 0.29) is 34.0 Å². The number of carbonyl (C=O) groups is 2. The highest BCUT2D eigenvalue weighted by Gasteiger charge is 2.51. The Bertz CT molecular complexity index is 1310. The van der Waals surface area contributed by atoms with E-state index in [1.54, 1.807) is 18.2 Å². The minimum atomic E-state index is -2.25. The van der Waals surface area contributed by atoms with Gasteiger partial charge in [-0.3, -0.25) is 19.7 Å². The third-order valence-electron chi connectivity index (χ3n) is 5.73. The van der Waals surface area contributed by atoms with Crippen molar-refractivity contribution in [2.75, 3.05) is 12.0 Å². The number of Topliss-reactive ketones (excluding diaryl/α,β-unsaturated/α-hetero) is 1. The van der Waals surface area contributed by atoms with Gasteiger partial charge in [0.05, 0.1) is 30.7 Å². The molecule has 0 saturated carbocycles. The maximum atomic E-state index is 14.4. The van der Waals surface area contributed by atoms with E-state index in [9.17, 15) is 29.2 Å². The Morgan fingerprint density at radius 3 is 2.62 bits per heavy atom. The van der Waals surface area contributed by atoms with Crippen molar-refractivity contribution in [1.82, 2.24) is 0 Å². The van der Waals surface area contributed by atoms with Crippen molar-refractivity contribution in [2.24, 2.45) is 0 Å². The van der Waals surface area contributed by atoms with Crippen molar-refractivity contribution in [3.8, 4) is 5.75 Å². The van der Waals surface area contributed by atoms with E-state index in [4.69, 9.17) is 16.3 Å². The lowest BCUT2D eigenvalue weighted by Crippen LogP contribution is -2.41. The highest BCUT2D eigenvalue weighted by molar-refractivity contribution is 6.31. The Balaban J connectivity index is 1.70. The Labute approximate surface area is 198 Å². The summed E-state index contributed by atoms with van der Waals surface area (Å²) in [5, 5.41) is 22.8. The number of nitrogens with zero attached hydrogens (tertiary/aromatic N) is 2. The molecule has 174 valence electrons. The van der Waals surface area contributed by atoms with Crippen LogP contribution in [-0.4, -0.2) is 28.8 Å². The van der Waals surface area contributed by atoms with E-state index in [2.05, 4.69) is 0 Å². The molecule has 1 amide bonds. The number of fused-ring (bicyclic) bond motifs is 1. The SMILES string of the molecule is COc1ccc(C(=O)C[C@]2(O)C(=O)N(Cc3c(F)cccc3Cl)c3ccccc32)cc1[N+](=O)[O-]. The third-order valence-corrected chi connectivity index (χ3v) is 6.09. The molecule has 0 saturated heterocycles. The Kier molecular flexibility index (Phi) is 6.07. The zero-order chi connectivity index (χ0) is 24.6. The number of amides is 1. The number of ether oxygens (including phenoxy) is 1. The second-order valence-corrected chi connectivity index (χ2v) is 8.12. The molecule has 0 aliphatic carbocycles. The van der Waals surface area contributed by atoms with Crippen molar-refractivity contribution in [1.29, 1.82) is 0 Å². The Morgan fingerprint density at radius 1 is 1.21 bits per heavy atom. The maximum absolute atomic E-state index is 14.4. The normalized spacial score (nSPS) is 16.9. The fraction of sp³-hybridized carbons (Fsp3) is 0.167. The molecular weight excluding hydrogens is 467 g/mol. The molecule has 0 spiro atoms. The average Bonchev–Trinajstić information content (AvgIpc) is 3.02. The van der Waals surface area contributed by atoms with E-state index in [0.717, 1.165) is 6.07 Å². The van der Waals surface area contributed by atoms with E-state index in [1.165, 1.54) is 48.4 Å². The van der Waals surface area contributed by atoms with Gasteiger partial charge in [-0.05, 0) is 30.3 Å². The van der Waals surface area contributed by atoms with E-state index in [1.807, 2.05) is 0 Å². The highest BCUT2D eigenvalue weighted by atomic mass is 35.5. The van der Waals surface area contributed by atoms with Crippen LogP contribution in [0, 0.1) is 15.9 Å². The summed E-state index contributed by atoms with van der Waals surface area (Å²) in [5.74, 6) is -2.17. The fourth-order valence-electron chi connectivity index (χ4n) is 4.02. The number of anilines is 1. The van der Waals surface area contributed by atoms with Gasteiger partial charge < -0.3 is 14.7 Å². The summed E-state index contributed by atoms with van der Waals surface area (Å²) in [6.45, 7) is -0.258. The van der Waals surface area contributed by atoms with Crippen LogP contribution in [0.15, 0.2) is 60.7 Å². The smallest absolute Gasteiger partial charge is 0.311 e. The van der Waals surface area contributed by atoms with Crippen LogP contribution in [0.4, 0.5) is 15.8 Å². The van der Waals surface area contributed by atoms with Crippen LogP contribution < -0.4 is 9.64 Å². The van der Waals surface area contributed by atoms with Gasteiger partial charge in [-0.1, -0.05) is 35.9 Å². The van der Waals surface area contributed by atoms with Gasteiger partial charge in [0.25, 0.3) is 5.91 Å². The predicted octanol–water partition coefficient (Wildman–Crippen LogP) is 4.40. The number of rotatable bonds is 7. The summed E-state index contributed by atoms with van der Waals surface area (Å²) in [6.07, 6.45) is -0.673. The molecule has 1 heterocycles. The monoisotopic (exact) mass is 484 g/mol. The summed E-state index contributed by atoms with van der Waals surface area (Å²) in [4.78, 5) is 38.2. The number of hydrogen-bond acceptors (Lipinski definition) is 6. The van der Waals surface area contributed by atoms with Gasteiger partial charge in [0.2, 0.25) is 0 Å². The number of halogens is 2. The van der Waals surface area contributed by atoms with Gasteiger partial charge in [0.1, 0.15) is 5.82 Å². The van der Waals surface area contributed by atoms with Crippen LogP contribution >= 0.6 is 11.6 Å². The van der Waals surface area contributed by atoms with Crippen molar-refractivity contribution in [3.05, 3.63) is 98.3 Å². The number of para-hydroxylation sites is 1. The van der Waals surface area contributed by atoms with E-state index >= 15 is 0 Å². The summed E-state index contributed by atoms with van der Waals surface area (Å²) in [5.41, 5.74) is -2.20. The lowest BCUT2D eigenvalue weighted by atomic mass is 9.88. The summed E-state index contributed by atoms with van der Waals surface area (Å²) < 4.78 is 19.3.